The van der Waals surface area contributed by atoms with E-state index in [2.05, 4.69) is 5.32 Å². The van der Waals surface area contributed by atoms with Gasteiger partial charge >= 0.3 is 0 Å². The molecule has 1 aliphatic heterocycles. The predicted octanol–water partition coefficient (Wildman–Crippen LogP) is 3.80. The first-order chi connectivity index (χ1) is 17.5. The first-order valence-electron chi connectivity index (χ1n) is 11.8. The Labute approximate surface area is 212 Å². The molecule has 1 heterocycles. The second kappa shape index (κ2) is 13.2. The molecule has 2 aromatic carbocycles. The van der Waals surface area contributed by atoms with Crippen LogP contribution in [-0.4, -0.2) is 64.8 Å². The highest BCUT2D eigenvalue weighted by molar-refractivity contribution is 5.92. The van der Waals surface area contributed by atoms with E-state index in [1.54, 1.807) is 52.7 Å². The normalized spacial score (nSPS) is 14.2. The molecular weight excluding hydrogens is 460 g/mol. The molecule has 0 unspecified atom stereocenters. The second-order valence-electron chi connectivity index (χ2n) is 8.41. The van der Waals surface area contributed by atoms with Gasteiger partial charge in [0, 0.05) is 31.8 Å². The van der Waals surface area contributed by atoms with E-state index in [9.17, 15) is 9.59 Å². The monoisotopic (exact) mass is 494 g/mol. The number of nitrogens with one attached hydrogen (secondary N) is 1. The van der Waals surface area contributed by atoms with Crippen molar-refractivity contribution >= 4 is 24.0 Å². The van der Waals surface area contributed by atoms with Gasteiger partial charge in [-0.25, -0.2) is 0 Å². The molecular formula is C28H34N2O6. The molecule has 0 bridgehead atoms. The lowest BCUT2D eigenvalue weighted by atomic mass is 9.96. The Bertz CT molecular complexity index is 1100. The van der Waals surface area contributed by atoms with Gasteiger partial charge in [0.25, 0.3) is 0 Å². The van der Waals surface area contributed by atoms with Crippen molar-refractivity contribution in [2.75, 3.05) is 48.1 Å². The minimum absolute atomic E-state index is 0.0230. The first kappa shape index (κ1) is 26.7. The maximum absolute atomic E-state index is 12.6. The van der Waals surface area contributed by atoms with E-state index in [-0.39, 0.29) is 11.8 Å². The molecule has 0 saturated carbocycles. The number of carbonyl (C=O) groups is 2. The molecule has 2 aromatic rings. The first-order valence-corrected chi connectivity index (χ1v) is 11.8. The fourth-order valence-corrected chi connectivity index (χ4v) is 4.02. The van der Waals surface area contributed by atoms with Gasteiger partial charge in [-0.05, 0) is 66.3 Å². The summed E-state index contributed by atoms with van der Waals surface area (Å²) in [6, 6.07) is 11.0. The topological polar surface area (TPSA) is 86.3 Å². The molecule has 2 amide bonds. The fraction of sp³-hybridized carbons (Fsp3) is 0.357. The maximum Gasteiger partial charge on any atom is 0.246 e. The fourth-order valence-electron chi connectivity index (χ4n) is 4.02. The minimum atomic E-state index is -0.152. The summed E-state index contributed by atoms with van der Waals surface area (Å²) in [7, 11) is 6.32. The van der Waals surface area contributed by atoms with Gasteiger partial charge in [0.05, 0.1) is 28.4 Å². The average Bonchev–Trinajstić information content (AvgIpc) is 2.93. The van der Waals surface area contributed by atoms with Crippen LogP contribution in [0.3, 0.4) is 0 Å². The number of benzene rings is 2. The van der Waals surface area contributed by atoms with Gasteiger partial charge in [0.1, 0.15) is 0 Å². The Kier molecular flexibility index (Phi) is 9.80. The Morgan fingerprint density at radius 2 is 1.31 bits per heavy atom. The molecule has 36 heavy (non-hydrogen) atoms. The summed E-state index contributed by atoms with van der Waals surface area (Å²) < 4.78 is 21.1. The van der Waals surface area contributed by atoms with E-state index in [4.69, 9.17) is 18.9 Å². The van der Waals surface area contributed by atoms with Crippen LogP contribution in [-0.2, 0) is 9.59 Å². The van der Waals surface area contributed by atoms with E-state index in [1.807, 2.05) is 35.2 Å². The highest BCUT2D eigenvalue weighted by Crippen LogP contribution is 2.29. The molecule has 0 spiro atoms. The van der Waals surface area contributed by atoms with Crippen LogP contribution in [0, 0.1) is 5.92 Å². The van der Waals surface area contributed by atoms with Crippen LogP contribution in [0.25, 0.3) is 12.2 Å². The summed E-state index contributed by atoms with van der Waals surface area (Å²) >= 11 is 0. The number of nitrogens with zero attached hydrogens (tertiary/aromatic N) is 1. The third-order valence-electron chi connectivity index (χ3n) is 6.15. The lowest BCUT2D eigenvalue weighted by Crippen LogP contribution is -2.40. The van der Waals surface area contributed by atoms with Gasteiger partial charge in [-0.1, -0.05) is 12.1 Å². The maximum atomic E-state index is 12.6. The molecule has 192 valence electrons. The van der Waals surface area contributed by atoms with Gasteiger partial charge in [0.15, 0.2) is 23.0 Å². The lowest BCUT2D eigenvalue weighted by Gasteiger charge is -2.31. The number of rotatable bonds is 10. The van der Waals surface area contributed by atoms with Crippen LogP contribution < -0.4 is 24.3 Å². The van der Waals surface area contributed by atoms with Crippen molar-refractivity contribution in [3.63, 3.8) is 0 Å². The molecule has 0 atom stereocenters. The van der Waals surface area contributed by atoms with E-state index < -0.39 is 0 Å². The van der Waals surface area contributed by atoms with Gasteiger partial charge in [0.2, 0.25) is 11.8 Å². The Morgan fingerprint density at radius 1 is 0.806 bits per heavy atom. The summed E-state index contributed by atoms with van der Waals surface area (Å²) in [6.45, 7) is 1.91. The van der Waals surface area contributed by atoms with Crippen LogP contribution in [0.2, 0.25) is 0 Å². The highest BCUT2D eigenvalue weighted by atomic mass is 16.5. The lowest BCUT2D eigenvalue weighted by molar-refractivity contribution is -0.127. The number of amides is 2. The minimum Gasteiger partial charge on any atom is -0.493 e. The summed E-state index contributed by atoms with van der Waals surface area (Å²) in [5.74, 6) is 2.68. The van der Waals surface area contributed by atoms with E-state index >= 15 is 0 Å². The molecule has 0 aromatic heterocycles. The predicted molar refractivity (Wildman–Crippen MR) is 139 cm³/mol. The van der Waals surface area contributed by atoms with Crippen molar-refractivity contribution < 1.29 is 28.5 Å². The van der Waals surface area contributed by atoms with Crippen LogP contribution >= 0.6 is 0 Å². The quantitative estimate of drug-likeness (QED) is 0.506. The molecule has 3 rings (SSSR count). The van der Waals surface area contributed by atoms with Crippen LogP contribution in [0.4, 0.5) is 0 Å². The van der Waals surface area contributed by atoms with Crippen LogP contribution in [0.5, 0.6) is 23.0 Å². The number of ether oxygens (including phenoxy) is 4. The van der Waals surface area contributed by atoms with Crippen LogP contribution in [0.1, 0.15) is 24.0 Å². The van der Waals surface area contributed by atoms with Crippen molar-refractivity contribution in [2.45, 2.75) is 12.8 Å². The number of likely N-dealkylation sites (tertiary alicyclic amines) is 1. The zero-order valence-corrected chi connectivity index (χ0v) is 21.3. The largest absolute Gasteiger partial charge is 0.493 e. The number of hydrogen-bond donors (Lipinski definition) is 1. The van der Waals surface area contributed by atoms with E-state index in [0.29, 0.717) is 48.6 Å². The van der Waals surface area contributed by atoms with Crippen LogP contribution in [0.15, 0.2) is 48.6 Å². The van der Waals surface area contributed by atoms with Crippen molar-refractivity contribution in [1.29, 1.82) is 0 Å². The molecule has 1 aliphatic rings. The zero-order chi connectivity index (χ0) is 25.9. The second-order valence-corrected chi connectivity index (χ2v) is 8.41. The number of hydrogen-bond acceptors (Lipinski definition) is 6. The standard InChI is InChI=1S/C28H34N2O6/c1-33-23-9-5-20(17-25(23)35-3)7-11-27(31)29-19-22-13-15-30(16-14-22)28(32)12-8-21-6-10-24(34-2)26(18-21)36-4/h5-12,17-18,22H,13-16,19H2,1-4H3,(H,29,31). The summed E-state index contributed by atoms with van der Waals surface area (Å²) in [6.07, 6.45) is 8.30. The summed E-state index contributed by atoms with van der Waals surface area (Å²) in [5, 5.41) is 2.96. The number of methoxy groups -OCH3 is 4. The molecule has 1 saturated heterocycles. The van der Waals surface area contributed by atoms with Gasteiger partial charge in [-0.15, -0.1) is 0 Å². The molecule has 1 N–H and O–H groups in total. The van der Waals surface area contributed by atoms with Gasteiger partial charge in [-0.3, -0.25) is 9.59 Å². The third kappa shape index (κ3) is 7.28. The summed E-state index contributed by atoms with van der Waals surface area (Å²) in [5.41, 5.74) is 1.70. The van der Waals surface area contributed by atoms with E-state index in [0.717, 1.165) is 24.0 Å². The molecule has 8 nitrogen and oxygen atoms in total. The Balaban J connectivity index is 1.43. The summed E-state index contributed by atoms with van der Waals surface area (Å²) in [4.78, 5) is 26.7. The van der Waals surface area contributed by atoms with Crippen molar-refractivity contribution in [2.24, 2.45) is 5.92 Å². The van der Waals surface area contributed by atoms with Crippen molar-refractivity contribution in [3.05, 3.63) is 59.7 Å². The molecule has 8 heteroatoms. The Hall–Kier alpha value is -3.94. The number of piperidine rings is 1. The zero-order valence-electron chi connectivity index (χ0n) is 21.3. The molecule has 0 aliphatic carbocycles. The smallest absolute Gasteiger partial charge is 0.246 e. The Morgan fingerprint density at radius 3 is 1.81 bits per heavy atom. The number of carbonyl (C=O) groups excluding carboxylic acids is 2. The third-order valence-corrected chi connectivity index (χ3v) is 6.15. The molecule has 1 fully saturated rings. The average molecular weight is 495 g/mol. The SMILES string of the molecule is COc1ccc(C=CC(=O)NCC2CCN(C(=O)C=Cc3ccc(OC)c(OC)c3)CC2)cc1OC. The molecule has 0 radical (unpaired) electrons. The van der Waals surface area contributed by atoms with Gasteiger partial charge in [-0.2, -0.15) is 0 Å². The van der Waals surface area contributed by atoms with Crippen molar-refractivity contribution in [3.8, 4) is 23.0 Å². The van der Waals surface area contributed by atoms with E-state index in [1.165, 1.54) is 6.08 Å². The van der Waals surface area contributed by atoms with Crippen molar-refractivity contribution in [1.82, 2.24) is 10.2 Å². The highest BCUT2D eigenvalue weighted by Gasteiger charge is 2.21. The van der Waals surface area contributed by atoms with Gasteiger partial charge < -0.3 is 29.2 Å².